The number of cyclic esters (lactones) is 1. The van der Waals surface area contributed by atoms with Gasteiger partial charge in [-0.1, -0.05) is 0 Å². The number of carboxylic acid groups (broad SMARTS) is 1. The van der Waals surface area contributed by atoms with Crippen LogP contribution in [0.1, 0.15) is 6.42 Å². The van der Waals surface area contributed by atoms with Crippen molar-refractivity contribution in [1.29, 1.82) is 0 Å². The quantitative estimate of drug-likeness (QED) is 0.630. The van der Waals surface area contributed by atoms with Crippen molar-refractivity contribution in [2.45, 2.75) is 6.42 Å². The van der Waals surface area contributed by atoms with Crippen LogP contribution in [0, 0.1) is 0 Å². The second-order valence-corrected chi connectivity index (χ2v) is 3.06. The van der Waals surface area contributed by atoms with Crippen molar-refractivity contribution >= 4 is 18.0 Å². The van der Waals surface area contributed by atoms with E-state index in [1.807, 2.05) is 0 Å². The predicted molar refractivity (Wildman–Crippen MR) is 48.2 cm³/mol. The third-order valence-electron chi connectivity index (χ3n) is 1.83. The van der Waals surface area contributed by atoms with Gasteiger partial charge in [0.15, 0.2) is 0 Å². The summed E-state index contributed by atoms with van der Waals surface area (Å²) in [6.07, 6.45) is 0.143. The van der Waals surface area contributed by atoms with Gasteiger partial charge in [-0.05, 0) is 6.42 Å². The maximum atomic E-state index is 11.1. The van der Waals surface area contributed by atoms with Crippen LogP contribution < -0.4 is 5.32 Å². The molecule has 0 spiro atoms. The van der Waals surface area contributed by atoms with Gasteiger partial charge in [0.25, 0.3) is 0 Å². The minimum atomic E-state index is -1.12. The number of carbonyl (C=O) groups is 3. The van der Waals surface area contributed by atoms with Gasteiger partial charge in [-0.2, -0.15) is 0 Å². The Hall–Kier alpha value is -1.79. The summed E-state index contributed by atoms with van der Waals surface area (Å²) in [5.74, 6) is -1.62. The molecule has 0 aromatic carbocycles. The fourth-order valence-corrected chi connectivity index (χ4v) is 1.14. The number of hydrogen-bond donors (Lipinski definition) is 2. The Kier molecular flexibility index (Phi) is 3.90. The van der Waals surface area contributed by atoms with Crippen molar-refractivity contribution in [3.05, 3.63) is 0 Å². The Bertz CT molecular complexity index is 278. The SMILES string of the molecule is O=C(O)CNC(=O)CN1CCCOC1=O. The molecule has 0 saturated carbocycles. The number of aliphatic carboxylic acids is 1. The molecule has 1 aliphatic rings. The zero-order chi connectivity index (χ0) is 11.3. The summed E-state index contributed by atoms with van der Waals surface area (Å²) in [6, 6.07) is 0. The highest BCUT2D eigenvalue weighted by atomic mass is 16.6. The smallest absolute Gasteiger partial charge is 0.410 e. The first-order valence-electron chi connectivity index (χ1n) is 4.50. The van der Waals surface area contributed by atoms with Gasteiger partial charge in [0.1, 0.15) is 13.1 Å². The molecule has 1 fully saturated rings. The lowest BCUT2D eigenvalue weighted by Crippen LogP contribution is -2.45. The number of amides is 2. The standard InChI is InChI=1S/C8H12N2O5/c11-6(9-4-7(12)13)5-10-2-1-3-15-8(10)14/h1-5H2,(H,9,11)(H,12,13). The molecule has 0 aromatic rings. The number of rotatable bonds is 4. The summed E-state index contributed by atoms with van der Waals surface area (Å²) in [6.45, 7) is 0.221. The van der Waals surface area contributed by atoms with Crippen molar-refractivity contribution in [3.8, 4) is 0 Å². The maximum Gasteiger partial charge on any atom is 0.410 e. The summed E-state index contributed by atoms with van der Waals surface area (Å²) in [5.41, 5.74) is 0. The van der Waals surface area contributed by atoms with E-state index in [1.165, 1.54) is 4.90 Å². The molecule has 0 aliphatic carbocycles. The van der Waals surface area contributed by atoms with Crippen LogP contribution in [0.3, 0.4) is 0 Å². The summed E-state index contributed by atoms with van der Waals surface area (Å²) >= 11 is 0. The Labute approximate surface area is 86.0 Å². The molecule has 0 bridgehead atoms. The zero-order valence-corrected chi connectivity index (χ0v) is 8.06. The van der Waals surface area contributed by atoms with Crippen molar-refractivity contribution in [3.63, 3.8) is 0 Å². The van der Waals surface area contributed by atoms with Gasteiger partial charge in [0, 0.05) is 6.54 Å². The van der Waals surface area contributed by atoms with E-state index in [2.05, 4.69) is 5.32 Å². The van der Waals surface area contributed by atoms with E-state index in [1.54, 1.807) is 0 Å². The minimum Gasteiger partial charge on any atom is -0.480 e. The number of nitrogens with zero attached hydrogens (tertiary/aromatic N) is 1. The maximum absolute atomic E-state index is 11.1. The molecular formula is C8H12N2O5. The fraction of sp³-hybridized carbons (Fsp3) is 0.625. The highest BCUT2D eigenvalue weighted by Crippen LogP contribution is 2.03. The Balaban J connectivity index is 2.30. The molecule has 2 N–H and O–H groups in total. The molecule has 1 rings (SSSR count). The second kappa shape index (κ2) is 5.18. The number of carbonyl (C=O) groups excluding carboxylic acids is 2. The second-order valence-electron chi connectivity index (χ2n) is 3.06. The van der Waals surface area contributed by atoms with E-state index in [4.69, 9.17) is 9.84 Å². The third kappa shape index (κ3) is 3.84. The average Bonchev–Trinajstić information content (AvgIpc) is 2.18. The van der Waals surface area contributed by atoms with Crippen LogP contribution in [-0.4, -0.2) is 54.2 Å². The van der Waals surface area contributed by atoms with Crippen molar-refractivity contribution in [2.24, 2.45) is 0 Å². The molecule has 1 aliphatic heterocycles. The van der Waals surface area contributed by atoms with Gasteiger partial charge in [-0.15, -0.1) is 0 Å². The van der Waals surface area contributed by atoms with Crippen LogP contribution in [0.2, 0.25) is 0 Å². The lowest BCUT2D eigenvalue weighted by molar-refractivity contribution is -0.138. The highest BCUT2D eigenvalue weighted by Gasteiger charge is 2.21. The van der Waals surface area contributed by atoms with Crippen molar-refractivity contribution in [1.82, 2.24) is 10.2 Å². The molecule has 1 heterocycles. The number of nitrogens with one attached hydrogen (secondary N) is 1. The average molecular weight is 216 g/mol. The predicted octanol–water partition coefficient (Wildman–Crippen LogP) is -0.971. The van der Waals surface area contributed by atoms with E-state index >= 15 is 0 Å². The Morgan fingerprint density at radius 2 is 2.27 bits per heavy atom. The lowest BCUT2D eigenvalue weighted by Gasteiger charge is -2.25. The summed E-state index contributed by atoms with van der Waals surface area (Å²) in [5, 5.41) is 10.5. The molecule has 1 saturated heterocycles. The van der Waals surface area contributed by atoms with Crippen LogP contribution in [0.15, 0.2) is 0 Å². The first kappa shape index (κ1) is 11.3. The first-order valence-corrected chi connectivity index (χ1v) is 4.50. The highest BCUT2D eigenvalue weighted by molar-refractivity contribution is 5.85. The number of carboxylic acids is 1. The third-order valence-corrected chi connectivity index (χ3v) is 1.83. The molecule has 15 heavy (non-hydrogen) atoms. The monoisotopic (exact) mass is 216 g/mol. The zero-order valence-electron chi connectivity index (χ0n) is 8.06. The Morgan fingerprint density at radius 1 is 1.53 bits per heavy atom. The van der Waals surface area contributed by atoms with Crippen LogP contribution in [0.25, 0.3) is 0 Å². The van der Waals surface area contributed by atoms with Crippen LogP contribution >= 0.6 is 0 Å². The molecule has 0 unspecified atom stereocenters. The summed E-state index contributed by atoms with van der Waals surface area (Å²) in [4.78, 5) is 33.6. The van der Waals surface area contributed by atoms with Gasteiger partial charge in [-0.3, -0.25) is 14.5 Å². The van der Waals surface area contributed by atoms with E-state index < -0.39 is 24.5 Å². The van der Waals surface area contributed by atoms with Crippen molar-refractivity contribution in [2.75, 3.05) is 26.2 Å². The largest absolute Gasteiger partial charge is 0.480 e. The Morgan fingerprint density at radius 3 is 2.87 bits per heavy atom. The molecule has 2 amide bonds. The van der Waals surface area contributed by atoms with Crippen LogP contribution in [0.5, 0.6) is 0 Å². The molecule has 0 aromatic heterocycles. The van der Waals surface area contributed by atoms with Gasteiger partial charge < -0.3 is 15.2 Å². The molecule has 0 atom stereocenters. The first-order chi connectivity index (χ1) is 7.09. The van der Waals surface area contributed by atoms with E-state index in [0.717, 1.165) is 0 Å². The minimum absolute atomic E-state index is 0.161. The van der Waals surface area contributed by atoms with Crippen LogP contribution in [-0.2, 0) is 14.3 Å². The van der Waals surface area contributed by atoms with Gasteiger partial charge in [-0.25, -0.2) is 4.79 Å². The normalized spacial score (nSPS) is 15.7. The van der Waals surface area contributed by atoms with Gasteiger partial charge in [0.05, 0.1) is 6.61 Å². The summed E-state index contributed by atoms with van der Waals surface area (Å²) in [7, 11) is 0. The van der Waals surface area contributed by atoms with E-state index in [-0.39, 0.29) is 6.54 Å². The lowest BCUT2D eigenvalue weighted by atomic mass is 10.3. The van der Waals surface area contributed by atoms with E-state index in [9.17, 15) is 14.4 Å². The van der Waals surface area contributed by atoms with Gasteiger partial charge >= 0.3 is 12.1 Å². The van der Waals surface area contributed by atoms with Crippen LogP contribution in [0.4, 0.5) is 4.79 Å². The fourth-order valence-electron chi connectivity index (χ4n) is 1.14. The molecule has 7 heteroatoms. The molecular weight excluding hydrogens is 204 g/mol. The van der Waals surface area contributed by atoms with Crippen molar-refractivity contribution < 1.29 is 24.2 Å². The van der Waals surface area contributed by atoms with E-state index in [0.29, 0.717) is 19.6 Å². The number of ether oxygens (including phenoxy) is 1. The molecule has 84 valence electrons. The molecule has 0 radical (unpaired) electrons. The van der Waals surface area contributed by atoms with Gasteiger partial charge in [0.2, 0.25) is 5.91 Å². The summed E-state index contributed by atoms with van der Waals surface area (Å²) < 4.78 is 4.71. The topological polar surface area (TPSA) is 95.9 Å². The molecule has 7 nitrogen and oxygen atoms in total. The number of hydrogen-bond acceptors (Lipinski definition) is 4.